The van der Waals surface area contributed by atoms with E-state index in [0.29, 0.717) is 0 Å². The summed E-state index contributed by atoms with van der Waals surface area (Å²) in [5.41, 5.74) is 12.6. The molecule has 3 nitrogen and oxygen atoms in total. The van der Waals surface area contributed by atoms with E-state index in [9.17, 15) is 0 Å². The van der Waals surface area contributed by atoms with Gasteiger partial charge in [-0.2, -0.15) is 0 Å². The molecule has 0 amide bonds. The van der Waals surface area contributed by atoms with Gasteiger partial charge in [0.05, 0.1) is 0 Å². The second-order valence-electron chi connectivity index (χ2n) is 5.34. The normalized spacial score (nSPS) is 14.2. The fourth-order valence-corrected chi connectivity index (χ4v) is 2.73. The third-order valence-corrected chi connectivity index (χ3v) is 3.92. The molecule has 2 aromatic rings. The summed E-state index contributed by atoms with van der Waals surface area (Å²) in [6.07, 6.45) is 4.71. The highest BCUT2D eigenvalue weighted by Gasteiger charge is 2.16. The van der Waals surface area contributed by atoms with Crippen LogP contribution in [0.1, 0.15) is 35.4 Å². The van der Waals surface area contributed by atoms with E-state index in [1.54, 1.807) is 0 Å². The first-order valence-corrected chi connectivity index (χ1v) is 6.88. The van der Waals surface area contributed by atoms with E-state index < -0.39 is 0 Å². The van der Waals surface area contributed by atoms with Crippen molar-refractivity contribution in [1.29, 1.82) is 0 Å². The van der Waals surface area contributed by atoms with Crippen LogP contribution in [0, 0.1) is 13.8 Å². The van der Waals surface area contributed by atoms with Crippen LogP contribution in [-0.2, 0) is 12.8 Å². The number of fused-ring (bicyclic) bond motifs is 1. The van der Waals surface area contributed by atoms with Gasteiger partial charge in [0.1, 0.15) is 0 Å². The zero-order valence-corrected chi connectivity index (χ0v) is 11.5. The Kier molecular flexibility index (Phi) is 2.97. The fraction of sp³-hybridized carbons (Fsp3) is 0.375. The molecule has 0 aliphatic heterocycles. The van der Waals surface area contributed by atoms with Gasteiger partial charge in [0.15, 0.2) is 5.82 Å². The number of aryl methyl sites for hydroxylation is 3. The number of nitrogens with two attached hydrogens (primary N) is 1. The number of nitrogen functional groups attached to an aromatic ring is 1. The minimum Gasteiger partial charge on any atom is -0.399 e. The van der Waals surface area contributed by atoms with Crippen LogP contribution in [0.15, 0.2) is 18.2 Å². The lowest BCUT2D eigenvalue weighted by Crippen LogP contribution is -2.10. The van der Waals surface area contributed by atoms with E-state index in [1.807, 2.05) is 19.1 Å². The Labute approximate surface area is 113 Å². The van der Waals surface area contributed by atoms with Crippen LogP contribution in [0.3, 0.4) is 0 Å². The van der Waals surface area contributed by atoms with Crippen LogP contribution < -0.4 is 5.73 Å². The first-order valence-electron chi connectivity index (χ1n) is 6.88. The number of nitrogens with zero attached hydrogens (tertiary/aromatic N) is 2. The lowest BCUT2D eigenvalue weighted by Gasteiger charge is -2.17. The van der Waals surface area contributed by atoms with Gasteiger partial charge in [-0.3, -0.25) is 0 Å². The second kappa shape index (κ2) is 4.65. The van der Waals surface area contributed by atoms with Gasteiger partial charge in [-0.1, -0.05) is 0 Å². The van der Waals surface area contributed by atoms with Gasteiger partial charge in [-0.25, -0.2) is 9.97 Å². The largest absolute Gasteiger partial charge is 0.399 e. The number of hydrogen-bond acceptors (Lipinski definition) is 3. The van der Waals surface area contributed by atoms with Gasteiger partial charge in [0.25, 0.3) is 0 Å². The van der Waals surface area contributed by atoms with Crippen molar-refractivity contribution in [1.82, 2.24) is 9.97 Å². The zero-order chi connectivity index (χ0) is 13.4. The number of benzene rings is 1. The Hall–Kier alpha value is -1.90. The molecule has 3 rings (SSSR count). The van der Waals surface area contributed by atoms with Crippen molar-refractivity contribution in [2.75, 3.05) is 5.73 Å². The van der Waals surface area contributed by atoms with Crippen LogP contribution in [0.5, 0.6) is 0 Å². The van der Waals surface area contributed by atoms with Crippen molar-refractivity contribution in [3.8, 4) is 11.4 Å². The number of aromatic nitrogens is 2. The third-order valence-electron chi connectivity index (χ3n) is 3.92. The number of rotatable bonds is 1. The predicted octanol–water partition coefficient (Wildman–Crippen LogP) is 3.22. The Bertz CT molecular complexity index is 632. The van der Waals surface area contributed by atoms with Gasteiger partial charge in [0, 0.05) is 22.6 Å². The highest BCUT2D eigenvalue weighted by atomic mass is 14.9. The summed E-state index contributed by atoms with van der Waals surface area (Å²) in [7, 11) is 0. The Morgan fingerprint density at radius 2 is 1.84 bits per heavy atom. The maximum absolute atomic E-state index is 5.87. The van der Waals surface area contributed by atoms with E-state index in [0.717, 1.165) is 41.2 Å². The molecule has 2 N–H and O–H groups in total. The fourth-order valence-electron chi connectivity index (χ4n) is 2.73. The molecule has 3 heteroatoms. The molecular formula is C16H19N3. The maximum atomic E-state index is 5.87. The van der Waals surface area contributed by atoms with Crippen molar-refractivity contribution in [3.05, 3.63) is 40.7 Å². The van der Waals surface area contributed by atoms with Gasteiger partial charge in [-0.15, -0.1) is 0 Å². The number of anilines is 1. The summed E-state index contributed by atoms with van der Waals surface area (Å²) >= 11 is 0. The van der Waals surface area contributed by atoms with Gasteiger partial charge >= 0.3 is 0 Å². The van der Waals surface area contributed by atoms with Crippen molar-refractivity contribution in [2.45, 2.75) is 39.5 Å². The van der Waals surface area contributed by atoms with E-state index in [-0.39, 0.29) is 0 Å². The molecule has 0 atom stereocenters. The molecule has 1 aromatic heterocycles. The van der Waals surface area contributed by atoms with Crippen LogP contribution in [-0.4, -0.2) is 9.97 Å². The van der Waals surface area contributed by atoms with E-state index in [2.05, 4.69) is 18.0 Å². The van der Waals surface area contributed by atoms with Crippen molar-refractivity contribution in [2.24, 2.45) is 0 Å². The van der Waals surface area contributed by atoms with Gasteiger partial charge in [-0.05, 0) is 68.9 Å². The summed E-state index contributed by atoms with van der Waals surface area (Å²) < 4.78 is 0. The Morgan fingerprint density at radius 1 is 1.05 bits per heavy atom. The molecule has 0 saturated heterocycles. The Balaban J connectivity index is 2.10. The lowest BCUT2D eigenvalue weighted by atomic mass is 9.94. The Morgan fingerprint density at radius 3 is 2.63 bits per heavy atom. The highest BCUT2D eigenvalue weighted by Crippen LogP contribution is 2.26. The average Bonchev–Trinajstić information content (AvgIpc) is 2.42. The molecule has 98 valence electrons. The van der Waals surface area contributed by atoms with Crippen LogP contribution in [0.2, 0.25) is 0 Å². The van der Waals surface area contributed by atoms with Crippen LogP contribution in [0.4, 0.5) is 5.69 Å². The highest BCUT2D eigenvalue weighted by molar-refractivity contribution is 5.62. The summed E-state index contributed by atoms with van der Waals surface area (Å²) in [6.45, 7) is 4.11. The minimum absolute atomic E-state index is 0.818. The minimum atomic E-state index is 0.818. The summed E-state index contributed by atoms with van der Waals surface area (Å²) in [4.78, 5) is 9.44. The molecule has 0 unspecified atom stereocenters. The smallest absolute Gasteiger partial charge is 0.159 e. The van der Waals surface area contributed by atoms with Crippen molar-refractivity contribution < 1.29 is 0 Å². The lowest BCUT2D eigenvalue weighted by molar-refractivity contribution is 0.658. The van der Waals surface area contributed by atoms with E-state index >= 15 is 0 Å². The first kappa shape index (κ1) is 12.2. The molecule has 0 spiro atoms. The third kappa shape index (κ3) is 2.21. The van der Waals surface area contributed by atoms with Crippen molar-refractivity contribution >= 4 is 5.69 Å². The second-order valence-corrected chi connectivity index (χ2v) is 5.34. The molecule has 0 saturated carbocycles. The molecule has 0 fully saturated rings. The first-order chi connectivity index (χ1) is 9.15. The van der Waals surface area contributed by atoms with Crippen LogP contribution in [0.25, 0.3) is 11.4 Å². The van der Waals surface area contributed by atoms with E-state index in [1.165, 1.54) is 24.1 Å². The molecule has 1 heterocycles. The van der Waals surface area contributed by atoms with Gasteiger partial charge < -0.3 is 5.73 Å². The topological polar surface area (TPSA) is 51.8 Å². The average molecular weight is 253 g/mol. The summed E-state index contributed by atoms with van der Waals surface area (Å²) in [5.74, 6) is 0.834. The zero-order valence-electron chi connectivity index (χ0n) is 11.5. The molecule has 0 radical (unpaired) electrons. The molecule has 1 aliphatic carbocycles. The predicted molar refractivity (Wildman–Crippen MR) is 78.0 cm³/mol. The monoisotopic (exact) mass is 253 g/mol. The molecule has 19 heavy (non-hydrogen) atoms. The maximum Gasteiger partial charge on any atom is 0.159 e. The summed E-state index contributed by atoms with van der Waals surface area (Å²) in [5, 5.41) is 0. The van der Waals surface area contributed by atoms with Gasteiger partial charge in [0.2, 0.25) is 0 Å². The standard InChI is InChI=1S/C16H19N3/c1-10-9-12(7-8-14(10)17)16-18-11(2)13-5-3-4-6-15(13)19-16/h7-9H,3-6,17H2,1-2H3. The number of hydrogen-bond donors (Lipinski definition) is 1. The summed E-state index contributed by atoms with van der Waals surface area (Å²) in [6, 6.07) is 6.01. The van der Waals surface area contributed by atoms with Crippen molar-refractivity contribution in [3.63, 3.8) is 0 Å². The molecule has 1 aliphatic rings. The van der Waals surface area contributed by atoms with E-state index in [4.69, 9.17) is 10.7 Å². The van der Waals surface area contributed by atoms with Crippen LogP contribution >= 0.6 is 0 Å². The molecule has 0 bridgehead atoms. The SMILES string of the molecule is Cc1cc(-c2nc(C)c3c(n2)CCCC3)ccc1N. The molecule has 1 aromatic carbocycles. The quantitative estimate of drug-likeness (QED) is 0.794. The molecular weight excluding hydrogens is 234 g/mol.